The zero-order valence-corrected chi connectivity index (χ0v) is 23.3. The lowest BCUT2D eigenvalue weighted by atomic mass is 10.1. The quantitative estimate of drug-likeness (QED) is 0.160. The van der Waals surface area contributed by atoms with Gasteiger partial charge in [0.25, 0.3) is 0 Å². The van der Waals surface area contributed by atoms with Crippen LogP contribution in [0, 0.1) is 6.92 Å². The number of ether oxygens (including phenoxy) is 5. The zero-order valence-electron chi connectivity index (χ0n) is 22.5. The lowest BCUT2D eigenvalue weighted by Crippen LogP contribution is -2.18. The minimum absolute atomic E-state index is 0.0909. The Morgan fingerprint density at radius 2 is 1.35 bits per heavy atom. The molecule has 210 valence electrons. The fourth-order valence-electron chi connectivity index (χ4n) is 3.98. The molecular weight excluding hydrogens is 544 g/mol. The molecule has 0 saturated carbocycles. The average molecular weight is 571 g/mol. The highest BCUT2D eigenvalue weighted by atomic mass is 32.2. The highest BCUT2D eigenvalue weighted by Gasteiger charge is 2.33. The first-order chi connectivity index (χ1) is 19.1. The zero-order chi connectivity index (χ0) is 29.2. The number of fused-ring (bicyclic) bond motifs is 1. The number of hydrogen-bond donors (Lipinski definition) is 0. The molecular formula is C28H26O11S. The molecule has 0 amide bonds. The summed E-state index contributed by atoms with van der Waals surface area (Å²) in [5.74, 6) is -1.82. The number of carbonyl (C=O) groups excluding carboxylic acids is 1. The van der Waals surface area contributed by atoms with E-state index in [0.717, 1.165) is 12.5 Å². The van der Waals surface area contributed by atoms with Crippen LogP contribution in [-0.4, -0.2) is 42.8 Å². The molecule has 0 radical (unpaired) electrons. The number of hydrogen-bond acceptors (Lipinski definition) is 11. The van der Waals surface area contributed by atoms with E-state index < -0.39 is 27.3 Å². The van der Waals surface area contributed by atoms with Crippen molar-refractivity contribution in [2.75, 3.05) is 28.4 Å². The van der Waals surface area contributed by atoms with Gasteiger partial charge in [-0.2, -0.15) is 8.42 Å². The molecule has 12 heteroatoms. The van der Waals surface area contributed by atoms with Gasteiger partial charge in [0, 0.05) is 12.5 Å². The van der Waals surface area contributed by atoms with Gasteiger partial charge in [0.15, 0.2) is 17.1 Å². The normalized spacial score (nSPS) is 11.2. The Morgan fingerprint density at radius 3 is 1.88 bits per heavy atom. The lowest BCUT2D eigenvalue weighted by molar-refractivity contribution is -0.132. The van der Waals surface area contributed by atoms with Gasteiger partial charge in [-0.1, -0.05) is 17.7 Å². The molecule has 0 aliphatic heterocycles. The van der Waals surface area contributed by atoms with E-state index in [1.54, 1.807) is 43.3 Å². The number of carbonyl (C=O) groups is 1. The van der Waals surface area contributed by atoms with E-state index in [9.17, 15) is 18.0 Å². The Labute approximate surface area is 229 Å². The van der Waals surface area contributed by atoms with Crippen LogP contribution in [0.3, 0.4) is 0 Å². The van der Waals surface area contributed by atoms with Gasteiger partial charge in [0.1, 0.15) is 16.0 Å². The van der Waals surface area contributed by atoms with Crippen molar-refractivity contribution in [1.29, 1.82) is 0 Å². The van der Waals surface area contributed by atoms with Crippen molar-refractivity contribution < 1.29 is 45.5 Å². The van der Waals surface area contributed by atoms with Crippen molar-refractivity contribution in [2.24, 2.45) is 0 Å². The summed E-state index contributed by atoms with van der Waals surface area (Å²) in [5.41, 5.74) is 0.0155. The second-order valence-electron chi connectivity index (χ2n) is 8.40. The largest absolute Gasteiger partial charge is 0.497 e. The molecule has 1 aromatic heterocycles. The second-order valence-corrected chi connectivity index (χ2v) is 9.94. The minimum atomic E-state index is -4.51. The van der Waals surface area contributed by atoms with E-state index in [0.29, 0.717) is 5.75 Å². The van der Waals surface area contributed by atoms with Crippen molar-refractivity contribution in [3.05, 3.63) is 64.3 Å². The first-order valence-electron chi connectivity index (χ1n) is 11.7. The van der Waals surface area contributed by atoms with Crippen LogP contribution in [0.5, 0.6) is 34.5 Å². The fourth-order valence-corrected chi connectivity index (χ4v) is 4.92. The molecule has 3 aromatic carbocycles. The molecule has 0 aliphatic rings. The van der Waals surface area contributed by atoms with Gasteiger partial charge in [-0.25, -0.2) is 0 Å². The van der Waals surface area contributed by atoms with Gasteiger partial charge >= 0.3 is 16.1 Å². The van der Waals surface area contributed by atoms with E-state index in [1.165, 1.54) is 40.6 Å². The van der Waals surface area contributed by atoms with Gasteiger partial charge in [-0.05, 0) is 43.3 Å². The summed E-state index contributed by atoms with van der Waals surface area (Å²) in [5, 5.41) is -0.303. The third-order valence-electron chi connectivity index (χ3n) is 5.84. The standard InChI is InChI=1S/C28H26O11S/c1-15-7-13-19(14-8-15)40(31,32)39-25-21(30)20-23(34-4)28(37-16(2)29)27(36-6)26(35-5)24(20)38-22(25)17-9-11-18(33-3)12-10-17/h7-14H,1-6H3. The number of benzene rings is 3. The maximum Gasteiger partial charge on any atom is 0.339 e. The monoisotopic (exact) mass is 570 g/mol. The van der Waals surface area contributed by atoms with E-state index in [2.05, 4.69) is 0 Å². The van der Waals surface area contributed by atoms with Crippen molar-refractivity contribution in [2.45, 2.75) is 18.7 Å². The Hall–Kier alpha value is -4.71. The van der Waals surface area contributed by atoms with Crippen molar-refractivity contribution in [3.8, 4) is 45.8 Å². The summed E-state index contributed by atoms with van der Waals surface area (Å²) < 4.78 is 65.1. The number of aryl methyl sites for hydroxylation is 1. The molecule has 0 N–H and O–H groups in total. The molecule has 0 aliphatic carbocycles. The summed E-state index contributed by atoms with van der Waals surface area (Å²) in [7, 11) is 0.794. The first kappa shape index (κ1) is 28.3. The average Bonchev–Trinajstić information content (AvgIpc) is 2.93. The molecule has 1 heterocycles. The summed E-state index contributed by atoms with van der Waals surface area (Å²) >= 11 is 0. The SMILES string of the molecule is COc1ccc(-c2oc3c(OC)c(OC)c(OC(C)=O)c(OC)c3c(=O)c2OS(=O)(=O)c2ccc(C)cc2)cc1. The van der Waals surface area contributed by atoms with Crippen LogP contribution in [0.25, 0.3) is 22.3 Å². The van der Waals surface area contributed by atoms with E-state index >= 15 is 0 Å². The van der Waals surface area contributed by atoms with Crippen LogP contribution in [0.2, 0.25) is 0 Å². The van der Waals surface area contributed by atoms with Crippen molar-refractivity contribution in [3.63, 3.8) is 0 Å². The topological polar surface area (TPSA) is 137 Å². The summed E-state index contributed by atoms with van der Waals surface area (Å²) in [6.45, 7) is 2.94. The summed E-state index contributed by atoms with van der Waals surface area (Å²) in [6, 6.07) is 12.2. The van der Waals surface area contributed by atoms with Crippen LogP contribution in [-0.2, 0) is 14.9 Å². The van der Waals surface area contributed by atoms with E-state index in [-0.39, 0.29) is 50.2 Å². The van der Waals surface area contributed by atoms with Crippen LogP contribution in [0.1, 0.15) is 12.5 Å². The molecule has 4 aromatic rings. The van der Waals surface area contributed by atoms with Gasteiger partial charge in [0.2, 0.25) is 28.4 Å². The van der Waals surface area contributed by atoms with Gasteiger partial charge in [0.05, 0.1) is 28.4 Å². The smallest absolute Gasteiger partial charge is 0.339 e. The fraction of sp³-hybridized carbons (Fsp3) is 0.214. The number of methoxy groups -OCH3 is 4. The predicted molar refractivity (Wildman–Crippen MR) is 144 cm³/mol. The Kier molecular flexibility index (Phi) is 7.91. The third-order valence-corrected chi connectivity index (χ3v) is 7.07. The maximum atomic E-state index is 14.1. The Morgan fingerprint density at radius 1 is 0.750 bits per heavy atom. The third kappa shape index (κ3) is 5.13. The molecule has 0 atom stereocenters. The van der Waals surface area contributed by atoms with Gasteiger partial charge < -0.3 is 32.3 Å². The van der Waals surface area contributed by atoms with Crippen LogP contribution >= 0.6 is 0 Å². The van der Waals surface area contributed by atoms with Crippen molar-refractivity contribution in [1.82, 2.24) is 0 Å². The number of esters is 1. The number of rotatable bonds is 9. The lowest BCUT2D eigenvalue weighted by Gasteiger charge is -2.19. The van der Waals surface area contributed by atoms with Crippen LogP contribution in [0.15, 0.2) is 62.6 Å². The molecule has 0 unspecified atom stereocenters. The van der Waals surface area contributed by atoms with Crippen molar-refractivity contribution >= 4 is 27.1 Å². The first-order valence-corrected chi connectivity index (χ1v) is 13.1. The van der Waals surface area contributed by atoms with Gasteiger partial charge in [-0.3, -0.25) is 9.59 Å². The predicted octanol–water partition coefficient (Wildman–Crippen LogP) is 4.50. The molecule has 0 saturated heterocycles. The molecule has 40 heavy (non-hydrogen) atoms. The van der Waals surface area contributed by atoms with E-state index in [4.69, 9.17) is 32.3 Å². The Bertz CT molecular complexity index is 1740. The molecule has 0 fully saturated rings. The summed E-state index contributed by atoms with van der Waals surface area (Å²) in [6.07, 6.45) is 0. The van der Waals surface area contributed by atoms with E-state index in [1.807, 2.05) is 0 Å². The molecule has 0 spiro atoms. The summed E-state index contributed by atoms with van der Waals surface area (Å²) in [4.78, 5) is 25.8. The highest BCUT2D eigenvalue weighted by Crippen LogP contribution is 2.51. The van der Waals surface area contributed by atoms with Crippen LogP contribution in [0.4, 0.5) is 0 Å². The highest BCUT2D eigenvalue weighted by molar-refractivity contribution is 7.87. The second kappa shape index (κ2) is 11.2. The molecule has 11 nitrogen and oxygen atoms in total. The molecule has 4 rings (SSSR count). The maximum absolute atomic E-state index is 14.1. The van der Waals surface area contributed by atoms with Crippen LogP contribution < -0.4 is 33.3 Å². The minimum Gasteiger partial charge on any atom is -0.497 e. The Balaban J connectivity index is 2.13. The van der Waals surface area contributed by atoms with Gasteiger partial charge in [-0.15, -0.1) is 0 Å². The molecule has 0 bridgehead atoms.